The van der Waals surface area contributed by atoms with E-state index in [1.54, 1.807) is 25.2 Å². The summed E-state index contributed by atoms with van der Waals surface area (Å²) in [6.45, 7) is 7.92. The van der Waals surface area contributed by atoms with Crippen molar-refractivity contribution in [3.63, 3.8) is 0 Å². The van der Waals surface area contributed by atoms with Crippen LogP contribution in [-0.4, -0.2) is 5.67 Å². The molecule has 72 valence electrons. The van der Waals surface area contributed by atoms with E-state index >= 15 is 0 Å². The van der Waals surface area contributed by atoms with E-state index in [-0.39, 0.29) is 5.41 Å². The quantitative estimate of drug-likeness (QED) is 0.531. The second-order valence-electron chi connectivity index (χ2n) is 4.72. The molecule has 0 bridgehead atoms. The summed E-state index contributed by atoms with van der Waals surface area (Å²) in [5, 5.41) is 0. The molecule has 0 aromatic rings. The van der Waals surface area contributed by atoms with Crippen LogP contribution in [-0.2, 0) is 0 Å². The maximum atomic E-state index is 13.5. The van der Waals surface area contributed by atoms with Crippen LogP contribution in [0.1, 0.15) is 27.7 Å². The van der Waals surface area contributed by atoms with Crippen molar-refractivity contribution < 1.29 is 4.39 Å². The molecule has 0 amide bonds. The van der Waals surface area contributed by atoms with E-state index < -0.39 is 5.67 Å². The molecule has 0 spiro atoms. The molecule has 0 heterocycles. The van der Waals surface area contributed by atoms with Gasteiger partial charge in [-0.2, -0.15) is 0 Å². The minimum Gasteiger partial charge on any atom is -0.235 e. The van der Waals surface area contributed by atoms with E-state index in [0.29, 0.717) is 0 Å². The van der Waals surface area contributed by atoms with Gasteiger partial charge in [0.2, 0.25) is 0 Å². The highest BCUT2D eigenvalue weighted by Crippen LogP contribution is 2.29. The Bertz CT molecular complexity index is 272. The van der Waals surface area contributed by atoms with Crippen molar-refractivity contribution in [2.45, 2.75) is 33.4 Å². The monoisotopic (exact) mass is 180 g/mol. The smallest absolute Gasteiger partial charge is 0.145 e. The Morgan fingerprint density at radius 3 is 2.38 bits per heavy atom. The van der Waals surface area contributed by atoms with Crippen LogP contribution in [0.5, 0.6) is 0 Å². The van der Waals surface area contributed by atoms with Crippen molar-refractivity contribution in [2.75, 3.05) is 0 Å². The molecule has 0 fully saturated rings. The first-order valence-corrected chi connectivity index (χ1v) is 4.59. The average molecular weight is 180 g/mol. The normalized spacial score (nSPS) is 28.5. The van der Waals surface area contributed by atoms with Crippen LogP contribution in [0.15, 0.2) is 36.0 Å². The maximum Gasteiger partial charge on any atom is 0.145 e. The van der Waals surface area contributed by atoms with Crippen molar-refractivity contribution in [3.8, 4) is 0 Å². The molecule has 13 heavy (non-hydrogen) atoms. The van der Waals surface area contributed by atoms with Gasteiger partial charge in [0, 0.05) is 0 Å². The van der Waals surface area contributed by atoms with Crippen molar-refractivity contribution in [2.24, 2.45) is 5.41 Å². The molecule has 1 aliphatic rings. The van der Waals surface area contributed by atoms with Gasteiger partial charge in [-0.15, -0.1) is 0 Å². The Morgan fingerprint density at radius 2 is 1.85 bits per heavy atom. The van der Waals surface area contributed by atoms with Crippen LogP contribution in [0.25, 0.3) is 0 Å². The van der Waals surface area contributed by atoms with E-state index in [9.17, 15) is 4.39 Å². The predicted molar refractivity (Wildman–Crippen MR) is 55.3 cm³/mol. The summed E-state index contributed by atoms with van der Waals surface area (Å²) in [7, 11) is 0. The van der Waals surface area contributed by atoms with Gasteiger partial charge in [0.05, 0.1) is 0 Å². The number of hydrogen-bond donors (Lipinski definition) is 0. The average Bonchev–Trinajstić information content (AvgIpc) is 2.08. The molecular formula is C12H17F. The Balaban J connectivity index is 2.96. The summed E-state index contributed by atoms with van der Waals surface area (Å²) < 4.78 is 13.5. The fourth-order valence-electron chi connectivity index (χ4n) is 1.20. The minimum absolute atomic E-state index is 0.0846. The molecule has 0 aromatic heterocycles. The van der Waals surface area contributed by atoms with E-state index in [2.05, 4.69) is 20.8 Å². The zero-order valence-corrected chi connectivity index (χ0v) is 8.76. The zero-order chi connectivity index (χ0) is 10.1. The third kappa shape index (κ3) is 2.83. The van der Waals surface area contributed by atoms with Crippen LogP contribution >= 0.6 is 0 Å². The molecule has 1 rings (SSSR count). The number of allylic oxidation sites excluding steroid dienone is 6. The van der Waals surface area contributed by atoms with Gasteiger partial charge in [-0.1, -0.05) is 39.0 Å². The third-order valence-electron chi connectivity index (χ3n) is 2.15. The van der Waals surface area contributed by atoms with Crippen LogP contribution in [0, 0.1) is 5.41 Å². The highest BCUT2D eigenvalue weighted by Gasteiger charge is 2.19. The summed E-state index contributed by atoms with van der Waals surface area (Å²) >= 11 is 0. The van der Waals surface area contributed by atoms with Crippen LogP contribution < -0.4 is 0 Å². The lowest BCUT2D eigenvalue weighted by Crippen LogP contribution is -2.10. The lowest BCUT2D eigenvalue weighted by Gasteiger charge is -2.19. The fourth-order valence-corrected chi connectivity index (χ4v) is 1.20. The second kappa shape index (κ2) is 3.13. The summed E-state index contributed by atoms with van der Waals surface area (Å²) in [5.41, 5.74) is -0.0600. The summed E-state index contributed by atoms with van der Waals surface area (Å²) in [6.07, 6.45) is 8.82. The summed E-state index contributed by atoms with van der Waals surface area (Å²) in [6, 6.07) is 0. The first-order valence-electron chi connectivity index (χ1n) is 4.59. The van der Waals surface area contributed by atoms with Gasteiger partial charge in [-0.05, 0) is 30.1 Å². The number of halogens is 1. The molecule has 1 unspecified atom stereocenters. The molecule has 0 nitrogen and oxygen atoms in total. The van der Waals surface area contributed by atoms with Gasteiger partial charge in [0.25, 0.3) is 0 Å². The lowest BCUT2D eigenvalue weighted by molar-refractivity contribution is 0.328. The van der Waals surface area contributed by atoms with Crippen molar-refractivity contribution >= 4 is 0 Å². The lowest BCUT2D eigenvalue weighted by atomic mass is 9.86. The molecule has 0 saturated heterocycles. The molecule has 0 aromatic carbocycles. The number of rotatable bonds is 0. The highest BCUT2D eigenvalue weighted by atomic mass is 19.1. The van der Waals surface area contributed by atoms with Crippen LogP contribution in [0.3, 0.4) is 0 Å². The van der Waals surface area contributed by atoms with E-state index in [1.807, 2.05) is 12.2 Å². The first-order chi connectivity index (χ1) is 5.81. The van der Waals surface area contributed by atoms with Crippen LogP contribution in [0.2, 0.25) is 0 Å². The molecule has 0 N–H and O–H groups in total. The summed E-state index contributed by atoms with van der Waals surface area (Å²) in [5.74, 6) is 0. The minimum atomic E-state index is -1.30. The number of alkyl halides is 1. The van der Waals surface area contributed by atoms with E-state index in [0.717, 1.165) is 5.57 Å². The fraction of sp³-hybridized carbons (Fsp3) is 0.500. The predicted octanol–water partition coefficient (Wildman–Crippen LogP) is 3.81. The van der Waals surface area contributed by atoms with Crippen molar-refractivity contribution in [3.05, 3.63) is 36.0 Å². The molecular weight excluding hydrogens is 163 g/mol. The molecule has 0 aliphatic heterocycles. The Labute approximate surface area is 79.8 Å². The highest BCUT2D eigenvalue weighted by molar-refractivity contribution is 5.35. The standard InChI is InChI=1S/C12H17F/c1-11(2,3)10-6-5-8-12(4,13)9-7-10/h5-9H,1-4H3. The SMILES string of the molecule is CC1(F)C=CC=C(C(C)(C)C)C=C1. The van der Waals surface area contributed by atoms with Gasteiger partial charge < -0.3 is 0 Å². The molecule has 0 saturated carbocycles. The molecule has 0 radical (unpaired) electrons. The third-order valence-corrected chi connectivity index (χ3v) is 2.15. The Morgan fingerprint density at radius 1 is 1.23 bits per heavy atom. The van der Waals surface area contributed by atoms with E-state index in [4.69, 9.17) is 0 Å². The van der Waals surface area contributed by atoms with Crippen molar-refractivity contribution in [1.82, 2.24) is 0 Å². The van der Waals surface area contributed by atoms with Gasteiger partial charge in [0.1, 0.15) is 5.67 Å². The molecule has 1 aliphatic carbocycles. The van der Waals surface area contributed by atoms with Gasteiger partial charge in [0.15, 0.2) is 0 Å². The van der Waals surface area contributed by atoms with Gasteiger partial charge in [-0.25, -0.2) is 4.39 Å². The van der Waals surface area contributed by atoms with Crippen molar-refractivity contribution in [1.29, 1.82) is 0 Å². The van der Waals surface area contributed by atoms with Gasteiger partial charge in [-0.3, -0.25) is 0 Å². The van der Waals surface area contributed by atoms with Gasteiger partial charge >= 0.3 is 0 Å². The van der Waals surface area contributed by atoms with E-state index in [1.165, 1.54) is 0 Å². The topological polar surface area (TPSA) is 0 Å². The first kappa shape index (κ1) is 10.2. The second-order valence-corrected chi connectivity index (χ2v) is 4.72. The molecule has 1 atom stereocenters. The molecule has 1 heteroatoms. The largest absolute Gasteiger partial charge is 0.235 e. The Kier molecular flexibility index (Phi) is 2.47. The zero-order valence-electron chi connectivity index (χ0n) is 8.76. The Hall–Kier alpha value is -0.850. The van der Waals surface area contributed by atoms with Crippen LogP contribution in [0.4, 0.5) is 4.39 Å². The number of hydrogen-bond acceptors (Lipinski definition) is 0. The summed E-state index contributed by atoms with van der Waals surface area (Å²) in [4.78, 5) is 0. The maximum absolute atomic E-state index is 13.5.